The van der Waals surface area contributed by atoms with Crippen LogP contribution in [0.1, 0.15) is 39.2 Å². The van der Waals surface area contributed by atoms with Gasteiger partial charge in [0.25, 0.3) is 5.91 Å². The molecule has 0 radical (unpaired) electrons. The molecule has 0 aromatic heterocycles. The van der Waals surface area contributed by atoms with Crippen molar-refractivity contribution >= 4 is 29.2 Å². The molecule has 4 nitrogen and oxygen atoms in total. The molecule has 1 N–H and O–H groups in total. The van der Waals surface area contributed by atoms with Crippen LogP contribution in [0.25, 0.3) is 0 Å². The van der Waals surface area contributed by atoms with Gasteiger partial charge >= 0.3 is 12.1 Å². The van der Waals surface area contributed by atoms with Gasteiger partial charge in [-0.15, -0.1) is 0 Å². The Balaban J connectivity index is 1.95. The summed E-state index contributed by atoms with van der Waals surface area (Å²) in [7, 11) is 0. The van der Waals surface area contributed by atoms with Crippen LogP contribution >= 0.6 is 11.6 Å². The van der Waals surface area contributed by atoms with Crippen LogP contribution in [0.5, 0.6) is 0 Å². The number of carbonyl (C=O) groups is 2. The van der Waals surface area contributed by atoms with Crippen LogP contribution in [0.2, 0.25) is 5.02 Å². The van der Waals surface area contributed by atoms with Gasteiger partial charge in [0.15, 0.2) is 5.60 Å². The van der Waals surface area contributed by atoms with Crippen molar-refractivity contribution in [1.29, 1.82) is 0 Å². The highest BCUT2D eigenvalue weighted by atomic mass is 35.5. The summed E-state index contributed by atoms with van der Waals surface area (Å²) in [6.07, 6.45) is -3.78. The molecular weight excluding hydrogens is 359 g/mol. The number of hydrogen-bond acceptors (Lipinski definition) is 3. The number of ether oxygens (including phenoxy) is 1. The third kappa shape index (κ3) is 2.28. The predicted octanol–water partition coefficient (Wildman–Crippen LogP) is 4.42. The number of anilines is 1. The fourth-order valence-electron chi connectivity index (χ4n) is 3.77. The van der Waals surface area contributed by atoms with Crippen molar-refractivity contribution in [1.82, 2.24) is 0 Å². The summed E-state index contributed by atoms with van der Waals surface area (Å²) in [5, 5.41) is 2.40. The lowest BCUT2D eigenvalue weighted by Gasteiger charge is -2.35. The first-order valence-corrected chi connectivity index (χ1v) is 8.15. The lowest BCUT2D eigenvalue weighted by molar-refractivity contribution is -0.165. The van der Waals surface area contributed by atoms with Crippen LogP contribution in [-0.2, 0) is 20.5 Å². The minimum atomic E-state index is -4.56. The molecule has 136 valence electrons. The maximum absolute atomic E-state index is 12.9. The van der Waals surface area contributed by atoms with Gasteiger partial charge in [-0.1, -0.05) is 25.4 Å². The summed E-state index contributed by atoms with van der Waals surface area (Å²) in [5.41, 5.74) is -4.11. The normalized spacial score (nSPS) is 30.3. The Bertz CT molecular complexity index is 777. The van der Waals surface area contributed by atoms with Crippen molar-refractivity contribution in [2.24, 2.45) is 10.8 Å². The van der Waals surface area contributed by atoms with Gasteiger partial charge < -0.3 is 10.1 Å². The van der Waals surface area contributed by atoms with Crippen molar-refractivity contribution in [3.63, 3.8) is 0 Å². The number of esters is 1. The lowest BCUT2D eigenvalue weighted by Crippen LogP contribution is -2.50. The molecular formula is C17H17ClF3NO3. The van der Waals surface area contributed by atoms with E-state index in [1.54, 1.807) is 20.8 Å². The number of hydrogen-bond donors (Lipinski definition) is 1. The van der Waals surface area contributed by atoms with Gasteiger partial charge in [-0.25, -0.2) is 0 Å². The lowest BCUT2D eigenvalue weighted by atomic mass is 9.66. The summed E-state index contributed by atoms with van der Waals surface area (Å²) in [6, 6.07) is 2.68. The van der Waals surface area contributed by atoms with Crippen LogP contribution in [0.4, 0.5) is 18.9 Å². The molecule has 2 fully saturated rings. The minimum Gasteiger partial charge on any atom is -0.448 e. The highest BCUT2D eigenvalue weighted by Crippen LogP contribution is 2.65. The van der Waals surface area contributed by atoms with Crippen LogP contribution in [0.3, 0.4) is 0 Å². The quantitative estimate of drug-likeness (QED) is 0.778. The Morgan fingerprint density at radius 1 is 1.24 bits per heavy atom. The van der Waals surface area contributed by atoms with Crippen molar-refractivity contribution < 1.29 is 27.5 Å². The van der Waals surface area contributed by atoms with Crippen LogP contribution < -0.4 is 5.32 Å². The Morgan fingerprint density at radius 2 is 1.88 bits per heavy atom. The van der Waals surface area contributed by atoms with Gasteiger partial charge in [0.2, 0.25) is 0 Å². The van der Waals surface area contributed by atoms with Crippen molar-refractivity contribution in [2.45, 2.75) is 45.4 Å². The molecule has 0 spiro atoms. The topological polar surface area (TPSA) is 55.4 Å². The summed E-state index contributed by atoms with van der Waals surface area (Å²) in [6.45, 7) is 5.27. The maximum atomic E-state index is 12.9. The molecule has 1 aliphatic heterocycles. The third-order valence-electron chi connectivity index (χ3n) is 5.99. The summed E-state index contributed by atoms with van der Waals surface area (Å²) < 4.78 is 44.1. The van der Waals surface area contributed by atoms with E-state index in [1.165, 1.54) is 0 Å². The fourth-order valence-corrected chi connectivity index (χ4v) is 3.93. The molecule has 2 bridgehead atoms. The molecule has 1 aromatic carbocycles. The Labute approximate surface area is 147 Å². The number of benzene rings is 1. The molecule has 1 heterocycles. The zero-order chi connectivity index (χ0) is 18.8. The standard InChI is InChI=1S/C17H17ClF3NO3/c1-14(2)15(3)6-7-16(14,25-13(15)24)12(23)22-11-8-9(17(19,20)21)4-5-10(11)18/h4-5,8H,6-7H2,1-3H3,(H,22,23)/t15-,16-/m0/s1. The first kappa shape index (κ1) is 18.0. The number of rotatable bonds is 2. The number of alkyl halides is 3. The highest BCUT2D eigenvalue weighted by Gasteiger charge is 2.75. The van der Waals surface area contributed by atoms with E-state index in [2.05, 4.69) is 5.32 Å². The molecule has 2 aliphatic rings. The molecule has 1 saturated carbocycles. The average Bonchev–Trinajstić information content (AvgIpc) is 2.78. The fraction of sp³-hybridized carbons (Fsp3) is 0.529. The first-order chi connectivity index (χ1) is 11.3. The average molecular weight is 376 g/mol. The number of amides is 1. The van der Waals surface area contributed by atoms with E-state index in [-0.39, 0.29) is 10.7 Å². The van der Waals surface area contributed by atoms with E-state index in [0.29, 0.717) is 12.8 Å². The SMILES string of the molecule is CC1(C)[C@@]2(C)CC[C@@]1(C(=O)Nc1cc(C(F)(F)F)ccc1Cl)OC2=O. The second-order valence-corrected chi connectivity index (χ2v) is 7.73. The van der Waals surface area contributed by atoms with E-state index in [4.69, 9.17) is 16.3 Å². The molecule has 1 aliphatic carbocycles. The second kappa shape index (κ2) is 5.13. The van der Waals surface area contributed by atoms with Gasteiger partial charge in [-0.2, -0.15) is 13.2 Å². The van der Waals surface area contributed by atoms with Crippen molar-refractivity contribution in [3.05, 3.63) is 28.8 Å². The Morgan fingerprint density at radius 3 is 2.36 bits per heavy atom. The van der Waals surface area contributed by atoms with E-state index >= 15 is 0 Å². The number of nitrogens with one attached hydrogen (secondary N) is 1. The monoisotopic (exact) mass is 375 g/mol. The molecule has 1 amide bonds. The molecule has 8 heteroatoms. The van der Waals surface area contributed by atoms with Gasteiger partial charge in [-0.05, 0) is 38.0 Å². The first-order valence-electron chi connectivity index (χ1n) is 7.77. The molecule has 1 aromatic rings. The molecule has 2 atom stereocenters. The Kier molecular flexibility index (Phi) is 3.70. The summed E-state index contributed by atoms with van der Waals surface area (Å²) in [4.78, 5) is 25.1. The van der Waals surface area contributed by atoms with Gasteiger partial charge in [0.05, 0.1) is 21.7 Å². The summed E-state index contributed by atoms with van der Waals surface area (Å²) in [5.74, 6) is -1.12. The van der Waals surface area contributed by atoms with Crippen molar-refractivity contribution in [2.75, 3.05) is 5.32 Å². The second-order valence-electron chi connectivity index (χ2n) is 7.32. The third-order valence-corrected chi connectivity index (χ3v) is 6.32. The van der Waals surface area contributed by atoms with E-state index < -0.39 is 40.0 Å². The molecule has 3 rings (SSSR count). The van der Waals surface area contributed by atoms with Gasteiger partial charge in [0.1, 0.15) is 0 Å². The summed E-state index contributed by atoms with van der Waals surface area (Å²) >= 11 is 5.93. The number of fused-ring (bicyclic) bond motifs is 2. The Hall–Kier alpha value is -1.76. The zero-order valence-electron chi connectivity index (χ0n) is 13.9. The zero-order valence-corrected chi connectivity index (χ0v) is 14.6. The maximum Gasteiger partial charge on any atom is 0.416 e. The molecule has 1 saturated heterocycles. The van der Waals surface area contributed by atoms with Crippen LogP contribution in [0, 0.1) is 10.8 Å². The number of carbonyl (C=O) groups excluding carboxylic acids is 2. The van der Waals surface area contributed by atoms with E-state index in [0.717, 1.165) is 18.2 Å². The van der Waals surface area contributed by atoms with Crippen molar-refractivity contribution in [3.8, 4) is 0 Å². The van der Waals surface area contributed by atoms with E-state index in [1.807, 2.05) is 0 Å². The highest BCUT2D eigenvalue weighted by molar-refractivity contribution is 6.33. The molecule has 0 unspecified atom stereocenters. The van der Waals surface area contributed by atoms with Gasteiger partial charge in [0, 0.05) is 5.41 Å². The predicted molar refractivity (Wildman–Crippen MR) is 85.0 cm³/mol. The van der Waals surface area contributed by atoms with E-state index in [9.17, 15) is 22.8 Å². The van der Waals surface area contributed by atoms with Crippen LogP contribution in [-0.4, -0.2) is 17.5 Å². The largest absolute Gasteiger partial charge is 0.448 e. The number of halogens is 4. The smallest absolute Gasteiger partial charge is 0.416 e. The molecule has 25 heavy (non-hydrogen) atoms. The van der Waals surface area contributed by atoms with Crippen LogP contribution in [0.15, 0.2) is 18.2 Å². The van der Waals surface area contributed by atoms with Gasteiger partial charge in [-0.3, -0.25) is 9.59 Å². The minimum absolute atomic E-state index is 0.0272.